The molecule has 4 aliphatic rings. The minimum absolute atomic E-state index is 0.00992. The van der Waals surface area contributed by atoms with Crippen molar-refractivity contribution in [3.63, 3.8) is 0 Å². The van der Waals surface area contributed by atoms with Gasteiger partial charge in [-0.3, -0.25) is 0 Å². The molecule has 0 unspecified atom stereocenters. The van der Waals surface area contributed by atoms with E-state index in [0.717, 1.165) is 23.8 Å². The Morgan fingerprint density at radius 3 is 1.18 bits per heavy atom. The van der Waals surface area contributed by atoms with Crippen LogP contribution in [0.1, 0.15) is 74.9 Å². The zero-order valence-electron chi connectivity index (χ0n) is 27.5. The highest BCUT2D eigenvalue weighted by Gasteiger charge is 2.53. The molecular weight excluding hydrogens is 554 g/mol. The first-order valence-corrected chi connectivity index (χ1v) is 16.7. The zero-order chi connectivity index (χ0) is 31.1. The first-order valence-electron chi connectivity index (χ1n) is 16.7. The molecule has 0 atom stereocenters. The average Bonchev–Trinajstić information content (AvgIpc) is 3.50. The first-order chi connectivity index (χ1) is 21.6. The Balaban J connectivity index is 1.38. The van der Waals surface area contributed by atoms with Crippen molar-refractivity contribution in [2.24, 2.45) is 10.8 Å². The average molecular weight is 596 g/mol. The van der Waals surface area contributed by atoms with Crippen molar-refractivity contribution >= 4 is 25.2 Å². The lowest BCUT2D eigenvalue weighted by Gasteiger charge is -2.35. The van der Waals surface area contributed by atoms with Gasteiger partial charge < -0.3 is 18.6 Å². The summed E-state index contributed by atoms with van der Waals surface area (Å²) in [4.78, 5) is 0. The first kappa shape index (κ1) is 29.3. The summed E-state index contributed by atoms with van der Waals surface area (Å²) < 4.78 is 25.4. The van der Waals surface area contributed by atoms with Gasteiger partial charge in [-0.15, -0.1) is 0 Å². The molecule has 8 rings (SSSR count). The minimum Gasteiger partial charge on any atom is -0.407 e. The van der Waals surface area contributed by atoms with E-state index < -0.39 is 5.41 Å². The number of benzene rings is 4. The topological polar surface area (TPSA) is 36.9 Å². The number of hydrogen-bond donors (Lipinski definition) is 0. The van der Waals surface area contributed by atoms with Gasteiger partial charge in [0.05, 0.1) is 5.41 Å². The Labute approximate surface area is 268 Å². The second-order valence-electron chi connectivity index (χ2n) is 15.1. The Morgan fingerprint density at radius 1 is 0.489 bits per heavy atom. The van der Waals surface area contributed by atoms with E-state index in [4.69, 9.17) is 18.6 Å². The van der Waals surface area contributed by atoms with Crippen molar-refractivity contribution in [1.82, 2.24) is 0 Å². The van der Waals surface area contributed by atoms with Crippen LogP contribution < -0.4 is 10.9 Å². The van der Waals surface area contributed by atoms with Gasteiger partial charge in [0.25, 0.3) is 0 Å². The van der Waals surface area contributed by atoms with Crippen LogP contribution in [0.15, 0.2) is 72.8 Å². The molecule has 2 saturated heterocycles. The van der Waals surface area contributed by atoms with Gasteiger partial charge >= 0.3 is 14.2 Å². The fourth-order valence-electron chi connectivity index (χ4n) is 7.86. The van der Waals surface area contributed by atoms with Crippen LogP contribution in [-0.4, -0.2) is 40.7 Å². The summed E-state index contributed by atoms with van der Waals surface area (Å²) in [5.74, 6) is 0. The number of hydrogen-bond acceptors (Lipinski definition) is 4. The molecule has 4 aromatic rings. The normalized spacial score (nSPS) is 20.1. The quantitative estimate of drug-likeness (QED) is 0.213. The minimum atomic E-state index is -0.473. The molecule has 6 heteroatoms. The molecule has 4 nitrogen and oxygen atoms in total. The van der Waals surface area contributed by atoms with Crippen LogP contribution in [0, 0.1) is 10.8 Å². The molecule has 1 spiro atoms. The zero-order valence-corrected chi connectivity index (χ0v) is 27.5. The molecular formula is C39H42B2O4. The maximum Gasteiger partial charge on any atom is 0.493 e. The molecule has 2 heterocycles. The van der Waals surface area contributed by atoms with E-state index >= 15 is 0 Å². The van der Waals surface area contributed by atoms with Gasteiger partial charge in [-0.25, -0.2) is 0 Å². The standard InChI is InChI=1S/C39H42B2O4/c1-7-25-9-13-29-31-15-11-27(40-42-21-37(3,4)22-43-40)19-35(31)39(33(29)17-25)34-18-26(8-2)10-14-30(34)32-16-12-28(20-36(32)39)41-44-23-38(5,6)24-45-41/h9-20H,7-8,21-24H2,1-6H3. The molecule has 2 fully saturated rings. The largest absolute Gasteiger partial charge is 0.493 e. The van der Waals surface area contributed by atoms with Crippen LogP contribution in [0.25, 0.3) is 22.3 Å². The highest BCUT2D eigenvalue weighted by molar-refractivity contribution is 6.62. The molecule has 0 aromatic heterocycles. The molecule has 0 radical (unpaired) electrons. The second kappa shape index (κ2) is 10.4. The van der Waals surface area contributed by atoms with Crippen molar-refractivity contribution in [3.8, 4) is 22.3 Å². The number of aryl methyl sites for hydroxylation is 2. The van der Waals surface area contributed by atoms with Gasteiger partial charge in [-0.2, -0.15) is 0 Å². The maximum absolute atomic E-state index is 6.34. The van der Waals surface area contributed by atoms with Crippen molar-refractivity contribution in [3.05, 3.63) is 106 Å². The molecule has 2 aliphatic carbocycles. The van der Waals surface area contributed by atoms with Crippen molar-refractivity contribution in [2.75, 3.05) is 26.4 Å². The van der Waals surface area contributed by atoms with Crippen LogP contribution in [0.2, 0.25) is 0 Å². The van der Waals surface area contributed by atoms with Crippen molar-refractivity contribution in [1.29, 1.82) is 0 Å². The Hall–Kier alpha value is -3.15. The van der Waals surface area contributed by atoms with E-state index in [1.54, 1.807) is 0 Å². The summed E-state index contributed by atoms with van der Waals surface area (Å²) in [6.07, 6.45) is 1.97. The van der Waals surface area contributed by atoms with Crippen LogP contribution in [-0.2, 0) is 36.9 Å². The Morgan fingerprint density at radius 2 is 0.822 bits per heavy atom. The van der Waals surface area contributed by atoms with Crippen LogP contribution in [0.5, 0.6) is 0 Å². The third-order valence-corrected chi connectivity index (χ3v) is 10.3. The van der Waals surface area contributed by atoms with Crippen LogP contribution in [0.3, 0.4) is 0 Å². The van der Waals surface area contributed by atoms with Crippen LogP contribution in [0.4, 0.5) is 0 Å². The molecule has 4 aromatic carbocycles. The van der Waals surface area contributed by atoms with Gasteiger partial charge in [-0.05, 0) is 79.4 Å². The van der Waals surface area contributed by atoms with Gasteiger partial charge in [0.2, 0.25) is 0 Å². The molecule has 228 valence electrons. The highest BCUT2D eigenvalue weighted by Crippen LogP contribution is 2.62. The lowest BCUT2D eigenvalue weighted by Crippen LogP contribution is -2.48. The summed E-state index contributed by atoms with van der Waals surface area (Å²) in [7, 11) is -0.757. The van der Waals surface area contributed by atoms with Crippen molar-refractivity contribution < 1.29 is 18.6 Å². The van der Waals surface area contributed by atoms with Gasteiger partial charge in [0.1, 0.15) is 0 Å². The monoisotopic (exact) mass is 596 g/mol. The van der Waals surface area contributed by atoms with E-state index in [1.807, 2.05) is 0 Å². The van der Waals surface area contributed by atoms with Gasteiger partial charge in [0, 0.05) is 37.3 Å². The van der Waals surface area contributed by atoms with E-state index in [9.17, 15) is 0 Å². The number of rotatable bonds is 4. The fourth-order valence-corrected chi connectivity index (χ4v) is 7.86. The summed E-state index contributed by atoms with van der Waals surface area (Å²) in [6, 6.07) is 28.0. The summed E-state index contributed by atoms with van der Waals surface area (Å²) in [6.45, 7) is 16.0. The maximum atomic E-state index is 6.34. The fraction of sp³-hybridized carbons (Fsp3) is 0.385. The lowest BCUT2D eigenvalue weighted by molar-refractivity contribution is 0.0342. The van der Waals surface area contributed by atoms with Crippen molar-refractivity contribution in [2.45, 2.75) is 59.8 Å². The molecule has 0 saturated carbocycles. The lowest BCUT2D eigenvalue weighted by atomic mass is 9.66. The van der Waals surface area contributed by atoms with E-state index in [-0.39, 0.29) is 25.1 Å². The van der Waals surface area contributed by atoms with E-state index in [2.05, 4.69) is 114 Å². The third-order valence-electron chi connectivity index (χ3n) is 10.3. The van der Waals surface area contributed by atoms with Gasteiger partial charge in [0.15, 0.2) is 0 Å². The SMILES string of the molecule is CCc1ccc2c(c1)C1(c3cc(CC)ccc3-c3ccc(B4OCC(C)(C)CO4)cc31)c1cc(B3OCC(C)(C)CO3)ccc1-2. The van der Waals surface area contributed by atoms with E-state index in [0.29, 0.717) is 26.4 Å². The molecule has 0 amide bonds. The highest BCUT2D eigenvalue weighted by atomic mass is 16.6. The predicted molar refractivity (Wildman–Crippen MR) is 184 cm³/mol. The molecule has 2 aliphatic heterocycles. The Kier molecular flexibility index (Phi) is 6.79. The molecule has 0 bridgehead atoms. The summed E-state index contributed by atoms with van der Waals surface area (Å²) in [5.41, 5.74) is 14.9. The summed E-state index contributed by atoms with van der Waals surface area (Å²) >= 11 is 0. The summed E-state index contributed by atoms with van der Waals surface area (Å²) in [5, 5.41) is 0. The van der Waals surface area contributed by atoms with Crippen LogP contribution >= 0.6 is 0 Å². The van der Waals surface area contributed by atoms with E-state index in [1.165, 1.54) is 55.6 Å². The number of fused-ring (bicyclic) bond motifs is 10. The Bertz CT molecular complexity index is 1670. The molecule has 45 heavy (non-hydrogen) atoms. The molecule has 0 N–H and O–H groups in total. The third kappa shape index (κ3) is 4.52. The van der Waals surface area contributed by atoms with Gasteiger partial charge in [-0.1, -0.05) is 114 Å². The smallest absolute Gasteiger partial charge is 0.407 e. The predicted octanol–water partition coefficient (Wildman–Crippen LogP) is 6.69. The second-order valence-corrected chi connectivity index (χ2v) is 15.1.